The molecule has 13 rings (SSSR count). The van der Waals surface area contributed by atoms with E-state index in [9.17, 15) is 0 Å². The molecule has 3 heterocycles. The van der Waals surface area contributed by atoms with Crippen LogP contribution in [-0.4, -0.2) is 19.5 Å². The number of nitrogens with zero attached hydrogens (tertiary/aromatic N) is 4. The van der Waals surface area contributed by atoms with Crippen LogP contribution in [0.25, 0.3) is 94.7 Å². The first-order valence-corrected chi connectivity index (χ1v) is 21.3. The van der Waals surface area contributed by atoms with E-state index in [0.29, 0.717) is 17.6 Å². The van der Waals surface area contributed by atoms with Crippen molar-refractivity contribution in [3.05, 3.63) is 241 Å². The molecule has 0 aliphatic heterocycles. The normalized spacial score (nSPS) is 12.9. The molecule has 0 amide bonds. The van der Waals surface area contributed by atoms with E-state index in [1.165, 1.54) is 33.4 Å². The minimum Gasteiger partial charge on any atom is -0.456 e. The Balaban J connectivity index is 1.00. The molecular weight excluding hydrogens is 769 g/mol. The van der Waals surface area contributed by atoms with E-state index in [1.807, 2.05) is 54.6 Å². The summed E-state index contributed by atoms with van der Waals surface area (Å²) in [5.41, 5.74) is 14.9. The third-order valence-corrected chi connectivity index (χ3v) is 13.0. The third-order valence-electron chi connectivity index (χ3n) is 13.0. The Labute approximate surface area is 363 Å². The Hall–Kier alpha value is -8.41. The van der Waals surface area contributed by atoms with Crippen LogP contribution in [0.5, 0.6) is 0 Å². The fourth-order valence-corrected chi connectivity index (χ4v) is 10.2. The summed E-state index contributed by atoms with van der Waals surface area (Å²) in [6.07, 6.45) is 0. The molecule has 5 nitrogen and oxygen atoms in total. The number of para-hydroxylation sites is 2. The minimum atomic E-state index is -0.480. The van der Waals surface area contributed by atoms with Crippen LogP contribution in [0.1, 0.15) is 22.3 Å². The van der Waals surface area contributed by atoms with Crippen molar-refractivity contribution in [3.63, 3.8) is 0 Å². The molecule has 5 heteroatoms. The van der Waals surface area contributed by atoms with Gasteiger partial charge in [-0.1, -0.05) is 176 Å². The van der Waals surface area contributed by atoms with Crippen molar-refractivity contribution in [2.24, 2.45) is 0 Å². The van der Waals surface area contributed by atoms with Crippen LogP contribution < -0.4 is 0 Å². The van der Waals surface area contributed by atoms with E-state index in [2.05, 4.69) is 168 Å². The number of hydrogen-bond acceptors (Lipinski definition) is 4. The maximum Gasteiger partial charge on any atom is 0.238 e. The van der Waals surface area contributed by atoms with Crippen LogP contribution in [0, 0.1) is 0 Å². The predicted molar refractivity (Wildman–Crippen MR) is 255 cm³/mol. The Morgan fingerprint density at radius 1 is 0.349 bits per heavy atom. The summed E-state index contributed by atoms with van der Waals surface area (Å²) in [6, 6.07) is 77.7. The van der Waals surface area contributed by atoms with Crippen LogP contribution in [0.3, 0.4) is 0 Å². The van der Waals surface area contributed by atoms with Gasteiger partial charge in [-0.25, -0.2) is 4.98 Å². The van der Waals surface area contributed by atoms with Gasteiger partial charge in [-0.2, -0.15) is 9.97 Å². The molecule has 1 aliphatic rings. The standard InChI is InChI=1S/C58H36N4O/c1-4-16-37(17-5-1)55-59-56(40-29-32-47-46-24-12-15-27-53(46)63-54(47)36-40)61-57(60-55)62-51-26-14-11-23-45(51)48-34-38(30-33-52(48)62)39-28-31-44-43-22-10-13-25-49(43)58(50(44)35-39,41-18-6-2-7-19-41)42-20-8-3-9-21-42/h1-36H. The molecular formula is C58H36N4O. The molecule has 0 radical (unpaired) electrons. The number of rotatable bonds is 6. The highest BCUT2D eigenvalue weighted by Gasteiger charge is 2.46. The number of aromatic nitrogens is 4. The van der Waals surface area contributed by atoms with Crippen LogP contribution in [0.15, 0.2) is 223 Å². The van der Waals surface area contributed by atoms with Gasteiger partial charge in [0.1, 0.15) is 11.2 Å². The summed E-state index contributed by atoms with van der Waals surface area (Å²) < 4.78 is 8.50. The highest BCUT2D eigenvalue weighted by Crippen LogP contribution is 2.56. The molecule has 0 unspecified atom stereocenters. The molecule has 0 saturated heterocycles. The molecule has 0 atom stereocenters. The lowest BCUT2D eigenvalue weighted by atomic mass is 9.67. The summed E-state index contributed by atoms with van der Waals surface area (Å²) in [4.78, 5) is 15.5. The zero-order valence-corrected chi connectivity index (χ0v) is 34.0. The van der Waals surface area contributed by atoms with Crippen molar-refractivity contribution in [1.29, 1.82) is 0 Å². The average molecular weight is 805 g/mol. The SMILES string of the molecule is c1ccc(-c2nc(-c3ccc4c(c3)oc3ccccc34)nc(-n3c4ccccc4c4cc(-c5ccc6c(c5)C(c5ccccc5)(c5ccccc5)c5ccccc5-6)ccc43)n2)cc1. The van der Waals surface area contributed by atoms with Gasteiger partial charge in [0, 0.05) is 32.7 Å². The van der Waals surface area contributed by atoms with Gasteiger partial charge < -0.3 is 4.42 Å². The third kappa shape index (κ3) is 5.33. The van der Waals surface area contributed by atoms with E-state index >= 15 is 0 Å². The lowest BCUT2D eigenvalue weighted by Crippen LogP contribution is -2.28. The number of fused-ring (bicyclic) bond motifs is 9. The molecule has 0 fully saturated rings. The van der Waals surface area contributed by atoms with E-state index in [1.54, 1.807) is 0 Å². The summed E-state index contributed by atoms with van der Waals surface area (Å²) in [5.74, 6) is 1.72. The first-order chi connectivity index (χ1) is 31.2. The number of benzene rings is 9. The van der Waals surface area contributed by atoms with Crippen LogP contribution >= 0.6 is 0 Å². The van der Waals surface area contributed by atoms with Gasteiger partial charge in [-0.3, -0.25) is 4.57 Å². The quantitative estimate of drug-likeness (QED) is 0.168. The molecule has 0 N–H and O–H groups in total. The largest absolute Gasteiger partial charge is 0.456 e. The van der Waals surface area contributed by atoms with E-state index in [0.717, 1.165) is 66.0 Å². The fourth-order valence-electron chi connectivity index (χ4n) is 10.2. The monoisotopic (exact) mass is 804 g/mol. The van der Waals surface area contributed by atoms with Gasteiger partial charge in [-0.15, -0.1) is 0 Å². The first kappa shape index (κ1) is 35.4. The van der Waals surface area contributed by atoms with Crippen molar-refractivity contribution in [3.8, 4) is 51.0 Å². The highest BCUT2D eigenvalue weighted by molar-refractivity contribution is 6.10. The molecule has 3 aromatic heterocycles. The van der Waals surface area contributed by atoms with Gasteiger partial charge >= 0.3 is 0 Å². The second-order valence-corrected chi connectivity index (χ2v) is 16.3. The maximum absolute atomic E-state index is 6.32. The Morgan fingerprint density at radius 3 is 1.71 bits per heavy atom. The van der Waals surface area contributed by atoms with Crippen molar-refractivity contribution < 1.29 is 4.42 Å². The molecule has 0 bridgehead atoms. The fraction of sp³-hybridized carbons (Fsp3) is 0.0172. The molecule has 0 spiro atoms. The second kappa shape index (κ2) is 13.8. The second-order valence-electron chi connectivity index (χ2n) is 16.3. The number of furan rings is 1. The Bertz CT molecular complexity index is 3700. The zero-order valence-electron chi connectivity index (χ0n) is 34.0. The zero-order chi connectivity index (χ0) is 41.5. The topological polar surface area (TPSA) is 56.7 Å². The van der Waals surface area contributed by atoms with E-state index in [-0.39, 0.29) is 0 Å². The van der Waals surface area contributed by atoms with Crippen molar-refractivity contribution in [2.45, 2.75) is 5.41 Å². The molecule has 9 aromatic carbocycles. The summed E-state index contributed by atoms with van der Waals surface area (Å²) >= 11 is 0. The molecule has 294 valence electrons. The van der Waals surface area contributed by atoms with Crippen LogP contribution in [0.4, 0.5) is 0 Å². The smallest absolute Gasteiger partial charge is 0.238 e. The summed E-state index contributed by atoms with van der Waals surface area (Å²) in [5, 5.41) is 4.39. The highest BCUT2D eigenvalue weighted by atomic mass is 16.3. The van der Waals surface area contributed by atoms with Crippen molar-refractivity contribution >= 4 is 43.7 Å². The average Bonchev–Trinajstić information content (AvgIpc) is 4.00. The Morgan fingerprint density at radius 2 is 0.921 bits per heavy atom. The summed E-state index contributed by atoms with van der Waals surface area (Å²) in [6.45, 7) is 0. The molecule has 1 aliphatic carbocycles. The van der Waals surface area contributed by atoms with Crippen molar-refractivity contribution in [1.82, 2.24) is 19.5 Å². The predicted octanol–water partition coefficient (Wildman–Crippen LogP) is 14.2. The first-order valence-electron chi connectivity index (χ1n) is 21.3. The molecule has 0 saturated carbocycles. The molecule has 63 heavy (non-hydrogen) atoms. The lowest BCUT2D eigenvalue weighted by Gasteiger charge is -2.34. The Kier molecular flexibility index (Phi) is 7.75. The minimum absolute atomic E-state index is 0.480. The lowest BCUT2D eigenvalue weighted by molar-refractivity contribution is 0.669. The van der Waals surface area contributed by atoms with E-state index in [4.69, 9.17) is 19.4 Å². The van der Waals surface area contributed by atoms with Gasteiger partial charge in [0.2, 0.25) is 5.95 Å². The maximum atomic E-state index is 6.32. The molecule has 12 aromatic rings. The summed E-state index contributed by atoms with van der Waals surface area (Å²) in [7, 11) is 0. The van der Waals surface area contributed by atoms with Gasteiger partial charge in [0.15, 0.2) is 11.6 Å². The van der Waals surface area contributed by atoms with Gasteiger partial charge in [0.05, 0.1) is 16.4 Å². The van der Waals surface area contributed by atoms with Crippen molar-refractivity contribution in [2.75, 3.05) is 0 Å². The van der Waals surface area contributed by atoms with Gasteiger partial charge in [0.25, 0.3) is 0 Å². The number of hydrogen-bond donors (Lipinski definition) is 0. The van der Waals surface area contributed by atoms with Crippen LogP contribution in [-0.2, 0) is 5.41 Å². The van der Waals surface area contributed by atoms with Crippen LogP contribution in [0.2, 0.25) is 0 Å². The van der Waals surface area contributed by atoms with E-state index < -0.39 is 5.41 Å². The van der Waals surface area contributed by atoms with Gasteiger partial charge in [-0.05, 0) is 87.0 Å².